The minimum atomic E-state index is 0.0600. The van der Waals surface area contributed by atoms with Gasteiger partial charge in [-0.1, -0.05) is 18.9 Å². The second-order valence-electron chi connectivity index (χ2n) is 8.59. The van der Waals surface area contributed by atoms with E-state index >= 15 is 0 Å². The topological polar surface area (TPSA) is 37.5 Å². The third kappa shape index (κ3) is 4.80. The van der Waals surface area contributed by atoms with E-state index in [9.17, 15) is 0 Å². The van der Waals surface area contributed by atoms with E-state index in [4.69, 9.17) is 9.47 Å². The third-order valence-electron chi connectivity index (χ3n) is 5.64. The highest BCUT2D eigenvalue weighted by Crippen LogP contribution is 2.28. The lowest BCUT2D eigenvalue weighted by atomic mass is 10.0. The Balaban J connectivity index is 1.62. The maximum Gasteiger partial charge on any atom is 0.128 e. The lowest BCUT2D eigenvalue weighted by Crippen LogP contribution is -2.49. The van der Waals surface area contributed by atoms with Crippen molar-refractivity contribution in [2.24, 2.45) is 5.92 Å². The minimum Gasteiger partial charge on any atom is -0.490 e. The van der Waals surface area contributed by atoms with Gasteiger partial charge in [0.25, 0.3) is 0 Å². The molecule has 0 aliphatic heterocycles. The van der Waals surface area contributed by atoms with Crippen molar-refractivity contribution in [2.75, 3.05) is 26.8 Å². The van der Waals surface area contributed by atoms with Crippen molar-refractivity contribution >= 4 is 10.9 Å². The van der Waals surface area contributed by atoms with E-state index in [1.54, 1.807) is 7.11 Å². The molecule has 0 saturated heterocycles. The SMILES string of the molecule is COC(COc1cccc2[nH]ccc12)CN(CC1CCCC1)C(C)(C)C. The Kier molecular flexibility index (Phi) is 6.25. The van der Waals surface area contributed by atoms with Gasteiger partial charge in [-0.15, -0.1) is 0 Å². The number of hydrogen-bond acceptors (Lipinski definition) is 3. The molecule has 1 aliphatic rings. The lowest BCUT2D eigenvalue weighted by molar-refractivity contribution is -0.000442. The monoisotopic (exact) mass is 358 g/mol. The number of aromatic nitrogens is 1. The molecular weight excluding hydrogens is 324 g/mol. The van der Waals surface area contributed by atoms with Gasteiger partial charge < -0.3 is 14.5 Å². The molecule has 1 heterocycles. The van der Waals surface area contributed by atoms with Gasteiger partial charge in [0.05, 0.1) is 0 Å². The third-order valence-corrected chi connectivity index (χ3v) is 5.64. The molecule has 1 N–H and O–H groups in total. The minimum absolute atomic E-state index is 0.0600. The van der Waals surface area contributed by atoms with E-state index < -0.39 is 0 Å². The molecule has 4 nitrogen and oxygen atoms in total. The summed E-state index contributed by atoms with van der Waals surface area (Å²) < 4.78 is 11.9. The van der Waals surface area contributed by atoms with Crippen molar-refractivity contribution in [3.05, 3.63) is 30.5 Å². The fourth-order valence-electron chi connectivity index (χ4n) is 3.93. The molecule has 4 heteroatoms. The van der Waals surface area contributed by atoms with Crippen LogP contribution in [0.2, 0.25) is 0 Å². The number of nitrogens with one attached hydrogen (secondary N) is 1. The first-order valence-electron chi connectivity index (χ1n) is 9.94. The number of ether oxygens (including phenoxy) is 2. The Labute approximate surface area is 157 Å². The molecule has 1 aliphatic carbocycles. The molecule has 1 saturated carbocycles. The molecule has 1 aromatic heterocycles. The van der Waals surface area contributed by atoms with E-state index in [2.05, 4.69) is 42.8 Å². The molecular formula is C22H34N2O2. The maximum atomic E-state index is 6.14. The summed E-state index contributed by atoms with van der Waals surface area (Å²) in [5, 5.41) is 1.13. The Morgan fingerprint density at radius 3 is 2.65 bits per heavy atom. The molecule has 3 rings (SSSR count). The molecule has 0 amide bonds. The van der Waals surface area contributed by atoms with Crippen molar-refractivity contribution in [1.29, 1.82) is 0 Å². The van der Waals surface area contributed by atoms with Crippen molar-refractivity contribution in [3.8, 4) is 5.75 Å². The quantitative estimate of drug-likeness (QED) is 0.733. The van der Waals surface area contributed by atoms with E-state index in [0.717, 1.165) is 35.7 Å². The van der Waals surface area contributed by atoms with Crippen LogP contribution in [0.15, 0.2) is 30.5 Å². The van der Waals surface area contributed by atoms with Crippen LogP contribution in [-0.4, -0.2) is 48.3 Å². The van der Waals surface area contributed by atoms with Gasteiger partial charge in [-0.3, -0.25) is 4.90 Å². The van der Waals surface area contributed by atoms with Gasteiger partial charge >= 0.3 is 0 Å². The summed E-state index contributed by atoms with van der Waals surface area (Å²) in [4.78, 5) is 5.82. The van der Waals surface area contributed by atoms with E-state index in [0.29, 0.717) is 6.61 Å². The van der Waals surface area contributed by atoms with Gasteiger partial charge in [0.1, 0.15) is 18.5 Å². The Morgan fingerprint density at radius 1 is 1.19 bits per heavy atom. The van der Waals surface area contributed by atoms with Gasteiger partial charge in [0, 0.05) is 42.8 Å². The van der Waals surface area contributed by atoms with Crippen LogP contribution in [-0.2, 0) is 4.74 Å². The number of benzene rings is 1. The Bertz CT molecular complexity index is 683. The standard InChI is InChI=1S/C22H34N2O2/c1-22(2,3)24(14-17-8-5-6-9-17)15-18(25-4)16-26-21-11-7-10-20-19(21)12-13-23-20/h7,10-13,17-18,23H,5-6,8-9,14-16H2,1-4H3. The van der Waals surface area contributed by atoms with Gasteiger partial charge in [0.15, 0.2) is 0 Å². The number of hydrogen-bond donors (Lipinski definition) is 1. The summed E-state index contributed by atoms with van der Waals surface area (Å²) in [6.45, 7) is 9.54. The first-order chi connectivity index (χ1) is 12.5. The van der Waals surface area contributed by atoms with Crippen LogP contribution in [0.5, 0.6) is 5.75 Å². The van der Waals surface area contributed by atoms with Crippen LogP contribution >= 0.6 is 0 Å². The van der Waals surface area contributed by atoms with Crippen LogP contribution < -0.4 is 4.74 Å². The highest BCUT2D eigenvalue weighted by atomic mass is 16.5. The number of nitrogens with zero attached hydrogens (tertiary/aromatic N) is 1. The number of methoxy groups -OCH3 is 1. The first-order valence-corrected chi connectivity index (χ1v) is 9.94. The molecule has 1 unspecified atom stereocenters. The van der Waals surface area contributed by atoms with Crippen LogP contribution in [0.1, 0.15) is 46.5 Å². The first kappa shape index (κ1) is 19.2. The fourth-order valence-corrected chi connectivity index (χ4v) is 3.93. The number of H-pyrrole nitrogens is 1. The molecule has 144 valence electrons. The van der Waals surface area contributed by atoms with Gasteiger partial charge in [-0.25, -0.2) is 0 Å². The summed E-state index contributed by atoms with van der Waals surface area (Å²) in [7, 11) is 1.79. The highest BCUT2D eigenvalue weighted by molar-refractivity contribution is 5.85. The van der Waals surface area contributed by atoms with Crippen LogP contribution in [0, 0.1) is 5.92 Å². The summed E-state index contributed by atoms with van der Waals surface area (Å²) in [6.07, 6.45) is 7.53. The zero-order valence-electron chi connectivity index (χ0n) is 16.8. The van der Waals surface area contributed by atoms with Gasteiger partial charge in [0.2, 0.25) is 0 Å². The van der Waals surface area contributed by atoms with Crippen molar-refractivity contribution in [2.45, 2.75) is 58.1 Å². The molecule has 0 spiro atoms. The normalized spacial score (nSPS) is 17.3. The van der Waals surface area contributed by atoms with Crippen molar-refractivity contribution in [1.82, 2.24) is 9.88 Å². The van der Waals surface area contributed by atoms with Gasteiger partial charge in [-0.05, 0) is 57.7 Å². The fraction of sp³-hybridized carbons (Fsp3) is 0.636. The second-order valence-corrected chi connectivity index (χ2v) is 8.59. The molecule has 0 bridgehead atoms. The summed E-state index contributed by atoms with van der Waals surface area (Å²) >= 11 is 0. The van der Waals surface area contributed by atoms with Crippen molar-refractivity contribution < 1.29 is 9.47 Å². The average Bonchev–Trinajstić information content (AvgIpc) is 3.28. The smallest absolute Gasteiger partial charge is 0.128 e. The predicted molar refractivity (Wildman–Crippen MR) is 108 cm³/mol. The van der Waals surface area contributed by atoms with Gasteiger partial charge in [-0.2, -0.15) is 0 Å². The Morgan fingerprint density at radius 2 is 1.96 bits per heavy atom. The second kappa shape index (κ2) is 8.45. The average molecular weight is 359 g/mol. The zero-order valence-corrected chi connectivity index (χ0v) is 16.8. The Hall–Kier alpha value is -1.52. The molecule has 2 aromatic rings. The number of fused-ring (bicyclic) bond motifs is 1. The summed E-state index contributed by atoms with van der Waals surface area (Å²) in [5.74, 6) is 1.75. The molecule has 0 radical (unpaired) electrons. The maximum absolute atomic E-state index is 6.14. The molecule has 1 atom stereocenters. The number of aromatic amines is 1. The summed E-state index contributed by atoms with van der Waals surface area (Å²) in [5.41, 5.74) is 1.24. The van der Waals surface area contributed by atoms with E-state index in [-0.39, 0.29) is 11.6 Å². The predicted octanol–water partition coefficient (Wildman–Crippen LogP) is 4.85. The van der Waals surface area contributed by atoms with Crippen molar-refractivity contribution in [3.63, 3.8) is 0 Å². The van der Waals surface area contributed by atoms with Crippen LogP contribution in [0.4, 0.5) is 0 Å². The molecule has 1 aromatic carbocycles. The lowest BCUT2D eigenvalue weighted by Gasteiger charge is -2.39. The zero-order chi connectivity index (χ0) is 18.6. The van der Waals surface area contributed by atoms with Crippen LogP contribution in [0.3, 0.4) is 0 Å². The van der Waals surface area contributed by atoms with E-state index in [1.807, 2.05) is 18.3 Å². The summed E-state index contributed by atoms with van der Waals surface area (Å²) in [6, 6.07) is 8.19. The highest BCUT2D eigenvalue weighted by Gasteiger charge is 2.28. The van der Waals surface area contributed by atoms with E-state index in [1.165, 1.54) is 25.7 Å². The van der Waals surface area contributed by atoms with Crippen LogP contribution in [0.25, 0.3) is 10.9 Å². The molecule has 26 heavy (non-hydrogen) atoms. The largest absolute Gasteiger partial charge is 0.490 e. The number of rotatable bonds is 8. The molecule has 1 fully saturated rings.